The fraction of sp³-hybridized carbons (Fsp3) is 0.500. The van der Waals surface area contributed by atoms with E-state index in [0.717, 1.165) is 64.0 Å². The maximum Gasteiger partial charge on any atom is 0.227 e. The van der Waals surface area contributed by atoms with Gasteiger partial charge in [-0.2, -0.15) is 4.98 Å². The van der Waals surface area contributed by atoms with Crippen molar-refractivity contribution in [1.82, 2.24) is 14.9 Å². The second-order valence-electron chi connectivity index (χ2n) is 6.97. The minimum atomic E-state index is 0.895. The van der Waals surface area contributed by atoms with Gasteiger partial charge >= 0.3 is 0 Å². The SMILES string of the molecule is c1ccc(CCN2CCN(c3nccc(N4CCCC4)n3)CC2)cc1. The van der Waals surface area contributed by atoms with Crippen LogP contribution in [-0.2, 0) is 6.42 Å². The molecule has 3 heterocycles. The van der Waals surface area contributed by atoms with Gasteiger partial charge < -0.3 is 9.80 Å². The molecule has 0 radical (unpaired) electrons. The first-order chi connectivity index (χ1) is 12.4. The van der Waals surface area contributed by atoms with Gasteiger partial charge in [0.15, 0.2) is 0 Å². The average molecular weight is 337 g/mol. The summed E-state index contributed by atoms with van der Waals surface area (Å²) in [5.41, 5.74) is 1.42. The van der Waals surface area contributed by atoms with Gasteiger partial charge in [0.1, 0.15) is 5.82 Å². The van der Waals surface area contributed by atoms with Gasteiger partial charge in [-0.1, -0.05) is 30.3 Å². The predicted octanol–water partition coefficient (Wildman–Crippen LogP) is 2.44. The number of hydrogen-bond donors (Lipinski definition) is 0. The van der Waals surface area contributed by atoms with Gasteiger partial charge in [-0.15, -0.1) is 0 Å². The Morgan fingerprint density at radius 2 is 1.56 bits per heavy atom. The number of hydrogen-bond acceptors (Lipinski definition) is 5. The van der Waals surface area contributed by atoms with E-state index in [4.69, 9.17) is 4.98 Å². The molecule has 0 bridgehead atoms. The quantitative estimate of drug-likeness (QED) is 0.837. The van der Waals surface area contributed by atoms with Crippen LogP contribution in [0.25, 0.3) is 0 Å². The summed E-state index contributed by atoms with van der Waals surface area (Å²) in [6, 6.07) is 12.8. The summed E-state index contributed by atoms with van der Waals surface area (Å²) in [5, 5.41) is 0. The number of anilines is 2. The van der Waals surface area contributed by atoms with Gasteiger partial charge in [0.25, 0.3) is 0 Å². The summed E-state index contributed by atoms with van der Waals surface area (Å²) in [6.45, 7) is 7.59. The first-order valence-corrected chi connectivity index (χ1v) is 9.48. The van der Waals surface area contributed by atoms with Gasteiger partial charge in [-0.3, -0.25) is 4.90 Å². The van der Waals surface area contributed by atoms with Crippen LogP contribution in [0.15, 0.2) is 42.6 Å². The highest BCUT2D eigenvalue weighted by atomic mass is 15.3. The van der Waals surface area contributed by atoms with Gasteiger partial charge in [0.05, 0.1) is 0 Å². The number of piperazine rings is 1. The number of nitrogens with zero attached hydrogens (tertiary/aromatic N) is 5. The molecule has 1 aromatic heterocycles. The lowest BCUT2D eigenvalue weighted by Gasteiger charge is -2.35. The second kappa shape index (κ2) is 7.83. The van der Waals surface area contributed by atoms with E-state index in [-0.39, 0.29) is 0 Å². The summed E-state index contributed by atoms with van der Waals surface area (Å²) in [5.74, 6) is 1.99. The van der Waals surface area contributed by atoms with E-state index in [2.05, 4.69) is 50.0 Å². The van der Waals surface area contributed by atoms with E-state index in [0.29, 0.717) is 0 Å². The highest BCUT2D eigenvalue weighted by Gasteiger charge is 2.20. The van der Waals surface area contributed by atoms with Gasteiger partial charge in [0, 0.05) is 52.0 Å². The molecule has 25 heavy (non-hydrogen) atoms. The largest absolute Gasteiger partial charge is 0.356 e. The van der Waals surface area contributed by atoms with Crippen LogP contribution in [0.5, 0.6) is 0 Å². The third kappa shape index (κ3) is 4.10. The highest BCUT2D eigenvalue weighted by molar-refractivity contribution is 5.44. The Balaban J connectivity index is 1.30. The van der Waals surface area contributed by atoms with Crippen molar-refractivity contribution in [2.24, 2.45) is 0 Å². The van der Waals surface area contributed by atoms with Crippen molar-refractivity contribution in [2.75, 3.05) is 55.6 Å². The van der Waals surface area contributed by atoms with Crippen LogP contribution in [0.2, 0.25) is 0 Å². The third-order valence-corrected chi connectivity index (χ3v) is 5.27. The van der Waals surface area contributed by atoms with E-state index in [1.54, 1.807) is 0 Å². The maximum absolute atomic E-state index is 4.82. The molecule has 2 aromatic rings. The minimum absolute atomic E-state index is 0.895. The van der Waals surface area contributed by atoms with Crippen LogP contribution in [0.3, 0.4) is 0 Å². The molecule has 5 heteroatoms. The summed E-state index contributed by atoms with van der Waals surface area (Å²) in [7, 11) is 0. The van der Waals surface area contributed by atoms with E-state index in [1.165, 1.54) is 18.4 Å². The van der Waals surface area contributed by atoms with Crippen molar-refractivity contribution in [2.45, 2.75) is 19.3 Å². The fourth-order valence-corrected chi connectivity index (χ4v) is 3.72. The molecule has 5 nitrogen and oxygen atoms in total. The lowest BCUT2D eigenvalue weighted by atomic mass is 10.1. The Morgan fingerprint density at radius 3 is 2.32 bits per heavy atom. The summed E-state index contributed by atoms with van der Waals surface area (Å²) >= 11 is 0. The first-order valence-electron chi connectivity index (χ1n) is 9.48. The van der Waals surface area contributed by atoms with Crippen molar-refractivity contribution in [3.8, 4) is 0 Å². The van der Waals surface area contributed by atoms with Crippen molar-refractivity contribution >= 4 is 11.8 Å². The second-order valence-corrected chi connectivity index (χ2v) is 6.97. The standard InChI is InChI=1S/C20H27N5/c1-2-6-18(7-3-1)9-13-23-14-16-25(17-15-23)20-21-10-8-19(22-20)24-11-4-5-12-24/h1-3,6-8,10H,4-5,9,11-17H2. The molecule has 0 unspecified atom stereocenters. The summed E-state index contributed by atoms with van der Waals surface area (Å²) in [4.78, 5) is 16.6. The third-order valence-electron chi connectivity index (χ3n) is 5.27. The zero-order chi connectivity index (χ0) is 16.9. The smallest absolute Gasteiger partial charge is 0.227 e. The van der Waals surface area contributed by atoms with Gasteiger partial charge in [0.2, 0.25) is 5.95 Å². The van der Waals surface area contributed by atoms with Crippen LogP contribution < -0.4 is 9.80 Å². The Labute approximate surface area is 150 Å². The molecule has 0 atom stereocenters. The molecule has 2 aliphatic heterocycles. The maximum atomic E-state index is 4.82. The molecule has 2 aliphatic rings. The molecule has 2 saturated heterocycles. The lowest BCUT2D eigenvalue weighted by Crippen LogP contribution is -2.47. The van der Waals surface area contributed by atoms with Crippen molar-refractivity contribution in [3.63, 3.8) is 0 Å². The highest BCUT2D eigenvalue weighted by Crippen LogP contribution is 2.20. The molecule has 2 fully saturated rings. The normalized spacial score (nSPS) is 18.7. The fourth-order valence-electron chi connectivity index (χ4n) is 3.72. The van der Waals surface area contributed by atoms with E-state index < -0.39 is 0 Å². The van der Waals surface area contributed by atoms with Crippen LogP contribution in [0.1, 0.15) is 18.4 Å². The molecule has 0 amide bonds. The number of aromatic nitrogens is 2. The summed E-state index contributed by atoms with van der Waals surface area (Å²) < 4.78 is 0. The first kappa shape index (κ1) is 16.3. The zero-order valence-electron chi connectivity index (χ0n) is 14.8. The zero-order valence-corrected chi connectivity index (χ0v) is 14.8. The molecule has 0 spiro atoms. The molecular formula is C20H27N5. The molecule has 132 valence electrons. The van der Waals surface area contributed by atoms with Crippen molar-refractivity contribution in [3.05, 3.63) is 48.2 Å². The lowest BCUT2D eigenvalue weighted by molar-refractivity contribution is 0.260. The predicted molar refractivity (Wildman–Crippen MR) is 102 cm³/mol. The van der Waals surface area contributed by atoms with Crippen LogP contribution in [0, 0.1) is 0 Å². The minimum Gasteiger partial charge on any atom is -0.356 e. The molecule has 4 rings (SSSR count). The van der Waals surface area contributed by atoms with Gasteiger partial charge in [-0.25, -0.2) is 4.98 Å². The van der Waals surface area contributed by atoms with Gasteiger partial charge in [-0.05, 0) is 30.9 Å². The Bertz CT molecular complexity index is 661. The van der Waals surface area contributed by atoms with E-state index in [9.17, 15) is 0 Å². The Hall–Kier alpha value is -2.14. The molecular weight excluding hydrogens is 310 g/mol. The van der Waals surface area contributed by atoms with Crippen LogP contribution in [0.4, 0.5) is 11.8 Å². The van der Waals surface area contributed by atoms with Crippen molar-refractivity contribution < 1.29 is 0 Å². The molecule has 1 aromatic carbocycles. The molecule has 0 saturated carbocycles. The number of benzene rings is 1. The van der Waals surface area contributed by atoms with Crippen LogP contribution >= 0.6 is 0 Å². The Morgan fingerprint density at radius 1 is 0.800 bits per heavy atom. The van der Waals surface area contributed by atoms with E-state index >= 15 is 0 Å². The molecule has 0 N–H and O–H groups in total. The van der Waals surface area contributed by atoms with Crippen molar-refractivity contribution in [1.29, 1.82) is 0 Å². The summed E-state index contributed by atoms with van der Waals surface area (Å²) in [6.07, 6.45) is 5.60. The number of rotatable bonds is 5. The monoisotopic (exact) mass is 337 g/mol. The van der Waals surface area contributed by atoms with E-state index in [1.807, 2.05) is 12.3 Å². The topological polar surface area (TPSA) is 35.5 Å². The van der Waals surface area contributed by atoms with Crippen LogP contribution in [-0.4, -0.2) is 60.7 Å². The molecule has 0 aliphatic carbocycles. The average Bonchev–Trinajstić information content (AvgIpc) is 3.23. The Kier molecular flexibility index (Phi) is 5.11.